The van der Waals surface area contributed by atoms with Gasteiger partial charge in [0.1, 0.15) is 5.82 Å². The number of aliphatic hydroxyl groups excluding tert-OH is 1. The standard InChI is InChI=1S/C10H15N3O/c1-2-13(9-3-4-9)10-6-11-8(7-14)5-12-10/h5-6,9,14H,2-4,7H2,1H3. The van der Waals surface area contributed by atoms with Gasteiger partial charge in [-0.15, -0.1) is 0 Å². The Labute approximate surface area is 83.6 Å². The van der Waals surface area contributed by atoms with E-state index in [9.17, 15) is 0 Å². The van der Waals surface area contributed by atoms with Gasteiger partial charge in [-0.25, -0.2) is 4.98 Å². The lowest BCUT2D eigenvalue weighted by molar-refractivity contribution is 0.276. The van der Waals surface area contributed by atoms with Crippen LogP contribution in [0.5, 0.6) is 0 Å². The molecule has 4 heteroatoms. The highest BCUT2D eigenvalue weighted by molar-refractivity contribution is 5.38. The Balaban J connectivity index is 2.13. The summed E-state index contributed by atoms with van der Waals surface area (Å²) in [6.45, 7) is 3.06. The number of anilines is 1. The van der Waals surface area contributed by atoms with Crippen LogP contribution in [0.2, 0.25) is 0 Å². The van der Waals surface area contributed by atoms with Crippen molar-refractivity contribution in [1.29, 1.82) is 0 Å². The van der Waals surface area contributed by atoms with Crippen molar-refractivity contribution < 1.29 is 5.11 Å². The van der Waals surface area contributed by atoms with E-state index in [1.807, 2.05) is 0 Å². The van der Waals surface area contributed by atoms with Crippen LogP contribution < -0.4 is 4.90 Å². The maximum absolute atomic E-state index is 8.83. The van der Waals surface area contributed by atoms with E-state index < -0.39 is 0 Å². The molecule has 0 saturated heterocycles. The molecule has 0 spiro atoms. The summed E-state index contributed by atoms with van der Waals surface area (Å²) in [5.74, 6) is 0.923. The highest BCUT2D eigenvalue weighted by Gasteiger charge is 2.28. The predicted molar refractivity (Wildman–Crippen MR) is 54.0 cm³/mol. The summed E-state index contributed by atoms with van der Waals surface area (Å²) in [5, 5.41) is 8.83. The first-order chi connectivity index (χ1) is 6.85. The lowest BCUT2D eigenvalue weighted by Gasteiger charge is -2.20. The van der Waals surface area contributed by atoms with Crippen LogP contribution in [0.1, 0.15) is 25.5 Å². The summed E-state index contributed by atoms with van der Waals surface area (Å²) in [7, 11) is 0. The number of nitrogens with zero attached hydrogens (tertiary/aromatic N) is 3. The first kappa shape index (κ1) is 9.40. The quantitative estimate of drug-likeness (QED) is 0.773. The van der Waals surface area contributed by atoms with Crippen LogP contribution in [-0.2, 0) is 6.61 Å². The van der Waals surface area contributed by atoms with Gasteiger partial charge in [0, 0.05) is 12.6 Å². The summed E-state index contributed by atoms with van der Waals surface area (Å²) in [6.07, 6.45) is 5.91. The Hall–Kier alpha value is -1.16. The molecule has 0 atom stereocenters. The van der Waals surface area contributed by atoms with E-state index in [2.05, 4.69) is 21.8 Å². The molecule has 0 amide bonds. The number of aliphatic hydroxyl groups is 1. The lowest BCUT2D eigenvalue weighted by atomic mass is 10.4. The summed E-state index contributed by atoms with van der Waals surface area (Å²) in [5.41, 5.74) is 0.626. The van der Waals surface area contributed by atoms with Crippen molar-refractivity contribution in [1.82, 2.24) is 9.97 Å². The zero-order chi connectivity index (χ0) is 9.97. The minimum absolute atomic E-state index is 0.0389. The van der Waals surface area contributed by atoms with Gasteiger partial charge in [-0.2, -0.15) is 0 Å². The van der Waals surface area contributed by atoms with E-state index in [1.165, 1.54) is 12.8 Å². The molecule has 1 aromatic heterocycles. The van der Waals surface area contributed by atoms with E-state index >= 15 is 0 Å². The monoisotopic (exact) mass is 193 g/mol. The van der Waals surface area contributed by atoms with Crippen LogP contribution in [-0.4, -0.2) is 27.7 Å². The second-order valence-electron chi connectivity index (χ2n) is 3.54. The van der Waals surface area contributed by atoms with Crippen LogP contribution in [0, 0.1) is 0 Å². The van der Waals surface area contributed by atoms with Gasteiger partial charge in [-0.1, -0.05) is 0 Å². The first-order valence-corrected chi connectivity index (χ1v) is 5.03. The molecule has 14 heavy (non-hydrogen) atoms. The molecule has 76 valence electrons. The molecule has 1 aliphatic carbocycles. The highest BCUT2D eigenvalue weighted by atomic mass is 16.3. The van der Waals surface area contributed by atoms with E-state index in [1.54, 1.807) is 12.4 Å². The summed E-state index contributed by atoms with van der Waals surface area (Å²) in [4.78, 5) is 10.7. The fourth-order valence-corrected chi connectivity index (χ4v) is 1.57. The zero-order valence-electron chi connectivity index (χ0n) is 8.35. The van der Waals surface area contributed by atoms with E-state index in [4.69, 9.17) is 5.11 Å². The molecule has 1 fully saturated rings. The largest absolute Gasteiger partial charge is 0.390 e. The second-order valence-corrected chi connectivity index (χ2v) is 3.54. The predicted octanol–water partition coefficient (Wildman–Crippen LogP) is 0.958. The third-order valence-electron chi connectivity index (χ3n) is 2.48. The maximum Gasteiger partial charge on any atom is 0.147 e. The van der Waals surface area contributed by atoms with Crippen molar-refractivity contribution >= 4 is 5.82 Å². The van der Waals surface area contributed by atoms with Gasteiger partial charge in [0.25, 0.3) is 0 Å². The minimum atomic E-state index is -0.0389. The fraction of sp³-hybridized carbons (Fsp3) is 0.600. The smallest absolute Gasteiger partial charge is 0.147 e. The van der Waals surface area contributed by atoms with Gasteiger partial charge in [-0.3, -0.25) is 4.98 Å². The van der Waals surface area contributed by atoms with Crippen LogP contribution in [0.25, 0.3) is 0 Å². The molecule has 1 saturated carbocycles. The molecule has 1 N–H and O–H groups in total. The highest BCUT2D eigenvalue weighted by Crippen LogP contribution is 2.29. The van der Waals surface area contributed by atoms with Gasteiger partial charge in [0.2, 0.25) is 0 Å². The fourth-order valence-electron chi connectivity index (χ4n) is 1.57. The van der Waals surface area contributed by atoms with Crippen LogP contribution in [0.4, 0.5) is 5.82 Å². The Kier molecular flexibility index (Phi) is 2.63. The Morgan fingerprint density at radius 3 is 2.64 bits per heavy atom. The van der Waals surface area contributed by atoms with E-state index in [0.29, 0.717) is 11.7 Å². The van der Waals surface area contributed by atoms with Gasteiger partial charge >= 0.3 is 0 Å². The summed E-state index contributed by atoms with van der Waals surface area (Å²) >= 11 is 0. The van der Waals surface area contributed by atoms with Gasteiger partial charge in [-0.05, 0) is 19.8 Å². The number of aromatic nitrogens is 2. The van der Waals surface area contributed by atoms with E-state index in [0.717, 1.165) is 12.4 Å². The minimum Gasteiger partial charge on any atom is -0.390 e. The van der Waals surface area contributed by atoms with Crippen molar-refractivity contribution in [3.05, 3.63) is 18.1 Å². The zero-order valence-corrected chi connectivity index (χ0v) is 8.35. The third kappa shape index (κ3) is 1.85. The molecule has 2 rings (SSSR count). The van der Waals surface area contributed by atoms with Crippen molar-refractivity contribution in [2.45, 2.75) is 32.4 Å². The normalized spacial score (nSPS) is 15.6. The average molecular weight is 193 g/mol. The third-order valence-corrected chi connectivity index (χ3v) is 2.48. The topological polar surface area (TPSA) is 49.2 Å². The van der Waals surface area contributed by atoms with Crippen LogP contribution in [0.15, 0.2) is 12.4 Å². The molecule has 0 bridgehead atoms. The molecule has 1 heterocycles. The molecule has 1 aliphatic rings. The van der Waals surface area contributed by atoms with Gasteiger partial charge < -0.3 is 10.0 Å². The molecule has 0 unspecified atom stereocenters. The Morgan fingerprint density at radius 1 is 1.43 bits per heavy atom. The molecular formula is C10H15N3O. The number of rotatable bonds is 4. The lowest BCUT2D eigenvalue weighted by Crippen LogP contribution is -2.26. The number of hydrogen-bond donors (Lipinski definition) is 1. The van der Waals surface area contributed by atoms with Crippen molar-refractivity contribution in [2.75, 3.05) is 11.4 Å². The van der Waals surface area contributed by atoms with E-state index in [-0.39, 0.29) is 6.61 Å². The SMILES string of the molecule is CCN(c1cnc(CO)cn1)C1CC1. The van der Waals surface area contributed by atoms with Crippen molar-refractivity contribution in [3.63, 3.8) is 0 Å². The molecule has 0 aromatic carbocycles. The summed E-state index contributed by atoms with van der Waals surface area (Å²) in [6, 6.07) is 0.661. The van der Waals surface area contributed by atoms with Gasteiger partial charge in [0.15, 0.2) is 0 Å². The summed E-state index contributed by atoms with van der Waals surface area (Å²) < 4.78 is 0. The molecule has 0 aliphatic heterocycles. The van der Waals surface area contributed by atoms with Crippen molar-refractivity contribution in [2.24, 2.45) is 0 Å². The Morgan fingerprint density at radius 2 is 2.21 bits per heavy atom. The second kappa shape index (κ2) is 3.92. The molecule has 0 radical (unpaired) electrons. The first-order valence-electron chi connectivity index (χ1n) is 5.03. The molecule has 1 aromatic rings. The average Bonchev–Trinajstić information content (AvgIpc) is 3.04. The Bertz CT molecular complexity index is 295. The maximum atomic E-state index is 8.83. The number of hydrogen-bond acceptors (Lipinski definition) is 4. The molecule has 4 nitrogen and oxygen atoms in total. The van der Waals surface area contributed by atoms with Crippen LogP contribution in [0.3, 0.4) is 0 Å². The molecular weight excluding hydrogens is 178 g/mol. The van der Waals surface area contributed by atoms with Crippen LogP contribution >= 0.6 is 0 Å². The van der Waals surface area contributed by atoms with Crippen molar-refractivity contribution in [3.8, 4) is 0 Å². The van der Waals surface area contributed by atoms with Gasteiger partial charge in [0.05, 0.1) is 24.7 Å².